The van der Waals surface area contributed by atoms with E-state index in [0.29, 0.717) is 28.2 Å². The molecule has 0 fully saturated rings. The highest BCUT2D eigenvalue weighted by molar-refractivity contribution is 5.92. The van der Waals surface area contributed by atoms with Gasteiger partial charge >= 0.3 is 0 Å². The van der Waals surface area contributed by atoms with Gasteiger partial charge < -0.3 is 30.0 Å². The molecule has 0 saturated carbocycles. The monoisotopic (exact) mass is 468 g/mol. The predicted molar refractivity (Wildman–Crippen MR) is 129 cm³/mol. The molecule has 1 aliphatic rings. The normalized spacial score (nSPS) is 16.9. The molecule has 2 atom stereocenters. The molecule has 0 saturated heterocycles. The third kappa shape index (κ3) is 5.44. The van der Waals surface area contributed by atoms with Gasteiger partial charge in [0.1, 0.15) is 12.0 Å². The van der Waals surface area contributed by atoms with Gasteiger partial charge in [0.15, 0.2) is 23.0 Å². The molecule has 8 nitrogen and oxygen atoms in total. The van der Waals surface area contributed by atoms with Crippen molar-refractivity contribution in [3.05, 3.63) is 53.1 Å². The van der Waals surface area contributed by atoms with E-state index in [1.54, 1.807) is 24.3 Å². The standard InChI is InChI=1S/C26H32N2O6/c1-14(2)27-22(30)10-7-16-11-18-23(26(31)28-15(3)4)24(34-25(18)21(12-16)33-6)17-8-9-19(29)20(13-17)32-5/h7-15,23-24,29H,1-6H3,(H,27,30)(H,28,31)/b10-7+/t23-,24+/m0/s1. The van der Waals surface area contributed by atoms with Crippen LogP contribution in [0, 0.1) is 0 Å². The van der Waals surface area contributed by atoms with E-state index in [2.05, 4.69) is 10.6 Å². The highest BCUT2D eigenvalue weighted by Crippen LogP contribution is 2.51. The van der Waals surface area contributed by atoms with Crippen LogP contribution in [0.2, 0.25) is 0 Å². The number of nitrogens with one attached hydrogen (secondary N) is 2. The smallest absolute Gasteiger partial charge is 0.244 e. The van der Waals surface area contributed by atoms with Gasteiger partial charge in [-0.25, -0.2) is 0 Å². The number of rotatable bonds is 8. The Morgan fingerprint density at radius 1 is 1.00 bits per heavy atom. The van der Waals surface area contributed by atoms with Crippen LogP contribution in [-0.4, -0.2) is 43.2 Å². The van der Waals surface area contributed by atoms with Crippen molar-refractivity contribution >= 4 is 17.9 Å². The van der Waals surface area contributed by atoms with Crippen molar-refractivity contribution in [3.63, 3.8) is 0 Å². The number of amides is 2. The fourth-order valence-electron chi connectivity index (χ4n) is 3.90. The van der Waals surface area contributed by atoms with Crippen LogP contribution >= 0.6 is 0 Å². The third-order valence-corrected chi connectivity index (χ3v) is 5.31. The van der Waals surface area contributed by atoms with E-state index < -0.39 is 12.0 Å². The number of benzene rings is 2. The SMILES string of the molecule is COc1cc([C@H]2Oc3c(OC)cc(/C=C/C(=O)NC(C)C)cc3[C@@H]2C(=O)NC(C)C)ccc1O. The lowest BCUT2D eigenvalue weighted by Crippen LogP contribution is -2.36. The van der Waals surface area contributed by atoms with Crippen molar-refractivity contribution in [2.75, 3.05) is 14.2 Å². The van der Waals surface area contributed by atoms with Crippen molar-refractivity contribution < 1.29 is 28.9 Å². The molecule has 3 rings (SSSR count). The molecule has 2 aromatic rings. The van der Waals surface area contributed by atoms with Crippen LogP contribution in [0.4, 0.5) is 0 Å². The van der Waals surface area contributed by atoms with Gasteiger partial charge in [0.2, 0.25) is 11.8 Å². The van der Waals surface area contributed by atoms with Crippen LogP contribution < -0.4 is 24.8 Å². The lowest BCUT2D eigenvalue weighted by Gasteiger charge is -2.21. The summed E-state index contributed by atoms with van der Waals surface area (Å²) in [6, 6.07) is 8.41. The number of fused-ring (bicyclic) bond motifs is 1. The maximum atomic E-state index is 13.3. The fourth-order valence-corrected chi connectivity index (χ4v) is 3.90. The summed E-state index contributed by atoms with van der Waals surface area (Å²) in [6.45, 7) is 7.55. The Kier molecular flexibility index (Phi) is 7.71. The molecule has 8 heteroatoms. The number of phenolic OH excluding ortho intramolecular Hbond substituents is 1. The van der Waals surface area contributed by atoms with E-state index in [-0.39, 0.29) is 35.4 Å². The van der Waals surface area contributed by atoms with Gasteiger partial charge in [-0.15, -0.1) is 0 Å². The Morgan fingerprint density at radius 2 is 1.68 bits per heavy atom. The minimum atomic E-state index is -0.682. The first-order valence-electron chi connectivity index (χ1n) is 11.2. The van der Waals surface area contributed by atoms with E-state index in [1.165, 1.54) is 26.4 Å². The highest BCUT2D eigenvalue weighted by atomic mass is 16.5. The van der Waals surface area contributed by atoms with Gasteiger partial charge in [0, 0.05) is 23.7 Å². The van der Waals surface area contributed by atoms with E-state index in [4.69, 9.17) is 14.2 Å². The lowest BCUT2D eigenvalue weighted by molar-refractivity contribution is -0.124. The van der Waals surface area contributed by atoms with E-state index in [0.717, 1.165) is 0 Å². The Balaban J connectivity index is 2.07. The van der Waals surface area contributed by atoms with Crippen molar-refractivity contribution in [2.24, 2.45) is 0 Å². The number of methoxy groups -OCH3 is 2. The average molecular weight is 469 g/mol. The maximum Gasteiger partial charge on any atom is 0.244 e. The molecule has 0 spiro atoms. The number of carbonyl (C=O) groups is 2. The Labute approximate surface area is 199 Å². The summed E-state index contributed by atoms with van der Waals surface area (Å²) >= 11 is 0. The zero-order valence-electron chi connectivity index (χ0n) is 20.3. The molecule has 34 heavy (non-hydrogen) atoms. The van der Waals surface area contributed by atoms with Crippen LogP contribution in [0.5, 0.6) is 23.0 Å². The number of phenols is 1. The first-order chi connectivity index (χ1) is 16.1. The number of carbonyl (C=O) groups excluding carboxylic acids is 2. The van der Waals surface area contributed by atoms with Crippen LogP contribution in [0.3, 0.4) is 0 Å². The van der Waals surface area contributed by atoms with Gasteiger partial charge in [0.25, 0.3) is 0 Å². The second kappa shape index (κ2) is 10.5. The molecule has 0 radical (unpaired) electrons. The van der Waals surface area contributed by atoms with Crippen LogP contribution in [0.25, 0.3) is 6.08 Å². The second-order valence-corrected chi connectivity index (χ2v) is 8.75. The zero-order valence-corrected chi connectivity index (χ0v) is 20.3. The van der Waals surface area contributed by atoms with Crippen LogP contribution in [-0.2, 0) is 9.59 Å². The molecular weight excluding hydrogens is 436 g/mol. The van der Waals surface area contributed by atoms with Gasteiger partial charge in [-0.2, -0.15) is 0 Å². The van der Waals surface area contributed by atoms with Gasteiger partial charge in [-0.05, 0) is 69.2 Å². The van der Waals surface area contributed by atoms with E-state index in [1.807, 2.05) is 33.8 Å². The van der Waals surface area contributed by atoms with Gasteiger partial charge in [0.05, 0.1) is 14.2 Å². The van der Waals surface area contributed by atoms with Crippen molar-refractivity contribution in [1.29, 1.82) is 0 Å². The first kappa shape index (κ1) is 25.0. The van der Waals surface area contributed by atoms with E-state index in [9.17, 15) is 14.7 Å². The van der Waals surface area contributed by atoms with Gasteiger partial charge in [-0.3, -0.25) is 9.59 Å². The molecule has 0 aliphatic carbocycles. The zero-order chi connectivity index (χ0) is 25.0. The van der Waals surface area contributed by atoms with Crippen molar-refractivity contribution in [2.45, 2.75) is 51.8 Å². The molecule has 0 bridgehead atoms. The fraction of sp³-hybridized carbons (Fsp3) is 0.385. The highest BCUT2D eigenvalue weighted by Gasteiger charge is 2.42. The number of hydrogen-bond acceptors (Lipinski definition) is 6. The summed E-state index contributed by atoms with van der Waals surface area (Å²) in [5.41, 5.74) is 2.02. The molecule has 0 aromatic heterocycles. The summed E-state index contributed by atoms with van der Waals surface area (Å²) in [4.78, 5) is 25.4. The number of ether oxygens (including phenoxy) is 3. The van der Waals surface area contributed by atoms with Crippen LogP contribution in [0.15, 0.2) is 36.4 Å². The summed E-state index contributed by atoms with van der Waals surface area (Å²) in [6.07, 6.45) is 2.46. The number of hydrogen-bond donors (Lipinski definition) is 3. The molecule has 1 heterocycles. The lowest BCUT2D eigenvalue weighted by atomic mass is 9.89. The van der Waals surface area contributed by atoms with Crippen LogP contribution in [0.1, 0.15) is 56.4 Å². The van der Waals surface area contributed by atoms with Gasteiger partial charge in [-0.1, -0.05) is 6.07 Å². The third-order valence-electron chi connectivity index (χ3n) is 5.31. The number of aromatic hydroxyl groups is 1. The topological polar surface area (TPSA) is 106 Å². The minimum Gasteiger partial charge on any atom is -0.504 e. The molecule has 3 N–H and O–H groups in total. The summed E-state index contributed by atoms with van der Waals surface area (Å²) in [5, 5.41) is 15.8. The molecule has 1 aliphatic heterocycles. The average Bonchev–Trinajstić information content (AvgIpc) is 3.16. The Hall–Kier alpha value is -3.68. The molecule has 2 amide bonds. The molecule has 182 valence electrons. The Bertz CT molecular complexity index is 1090. The molecule has 0 unspecified atom stereocenters. The second-order valence-electron chi connectivity index (χ2n) is 8.75. The van der Waals surface area contributed by atoms with Crippen molar-refractivity contribution in [3.8, 4) is 23.0 Å². The quantitative estimate of drug-likeness (QED) is 0.510. The Morgan fingerprint density at radius 3 is 2.29 bits per heavy atom. The van der Waals surface area contributed by atoms with Crippen molar-refractivity contribution in [1.82, 2.24) is 10.6 Å². The maximum absolute atomic E-state index is 13.3. The molecular formula is C26H32N2O6. The summed E-state index contributed by atoms with van der Waals surface area (Å²) in [5.74, 6) is 0.101. The predicted octanol–water partition coefficient (Wildman–Crippen LogP) is 3.69. The summed E-state index contributed by atoms with van der Waals surface area (Å²) < 4.78 is 17.1. The molecule has 2 aromatic carbocycles. The largest absolute Gasteiger partial charge is 0.504 e. The first-order valence-corrected chi connectivity index (χ1v) is 11.2. The minimum absolute atomic E-state index is 0.00498. The van der Waals surface area contributed by atoms with E-state index >= 15 is 0 Å². The summed E-state index contributed by atoms with van der Waals surface area (Å²) in [7, 11) is 2.99.